The van der Waals surface area contributed by atoms with Crippen LogP contribution in [0.1, 0.15) is 0 Å². The van der Waals surface area contributed by atoms with Gasteiger partial charge >= 0.3 is 0 Å². The minimum Gasteiger partial charge on any atom is -0.325 e. The zero-order chi connectivity index (χ0) is 10.8. The molecule has 0 aliphatic heterocycles. The number of halogens is 2. The van der Waals surface area contributed by atoms with E-state index in [1.165, 1.54) is 12.1 Å². The van der Waals surface area contributed by atoms with Crippen molar-refractivity contribution in [2.24, 2.45) is 7.05 Å². The van der Waals surface area contributed by atoms with Gasteiger partial charge in [-0.15, -0.1) is 0 Å². The minimum absolute atomic E-state index is 0.271. The number of anilines is 2. The Bertz CT molecular complexity index is 481. The molecule has 0 unspecified atom stereocenters. The van der Waals surface area contributed by atoms with Crippen LogP contribution in [0.2, 0.25) is 0 Å². The Morgan fingerprint density at radius 2 is 2.27 bits per heavy atom. The lowest BCUT2D eigenvalue weighted by molar-refractivity contribution is 0.627. The number of nitrogens with zero attached hydrogens (tertiary/aromatic N) is 2. The summed E-state index contributed by atoms with van der Waals surface area (Å²) in [4.78, 5) is 4.11. The third-order valence-electron chi connectivity index (χ3n) is 2.00. The van der Waals surface area contributed by atoms with Gasteiger partial charge in [-0.05, 0) is 34.1 Å². The Kier molecular flexibility index (Phi) is 2.73. The lowest BCUT2D eigenvalue weighted by Gasteiger charge is -2.07. The first-order valence-corrected chi connectivity index (χ1v) is 5.15. The summed E-state index contributed by atoms with van der Waals surface area (Å²) in [7, 11) is 1.88. The van der Waals surface area contributed by atoms with E-state index >= 15 is 0 Å². The summed E-state index contributed by atoms with van der Waals surface area (Å²) < 4.78 is 15.3. The van der Waals surface area contributed by atoms with Gasteiger partial charge < -0.3 is 9.88 Å². The van der Waals surface area contributed by atoms with Gasteiger partial charge in [-0.25, -0.2) is 9.37 Å². The van der Waals surface area contributed by atoms with Crippen molar-refractivity contribution in [3.05, 3.63) is 40.9 Å². The molecule has 78 valence electrons. The number of hydrogen-bond acceptors (Lipinski definition) is 2. The number of imidazole rings is 1. The molecule has 0 fully saturated rings. The lowest BCUT2D eigenvalue weighted by Crippen LogP contribution is -1.99. The third kappa shape index (κ3) is 2.18. The highest BCUT2D eigenvalue weighted by Crippen LogP contribution is 2.25. The third-order valence-corrected chi connectivity index (χ3v) is 2.65. The molecule has 0 aliphatic rings. The fraction of sp³-hybridized carbons (Fsp3) is 0.100. The molecule has 2 aromatic rings. The molecule has 0 aliphatic carbocycles. The number of benzene rings is 1. The molecule has 1 aromatic heterocycles. The van der Waals surface area contributed by atoms with E-state index < -0.39 is 0 Å². The van der Waals surface area contributed by atoms with Crippen LogP contribution >= 0.6 is 15.9 Å². The first kappa shape index (κ1) is 10.2. The van der Waals surface area contributed by atoms with Gasteiger partial charge in [0.05, 0.1) is 5.69 Å². The van der Waals surface area contributed by atoms with E-state index in [1.807, 2.05) is 17.8 Å². The summed E-state index contributed by atoms with van der Waals surface area (Å²) >= 11 is 3.28. The summed E-state index contributed by atoms with van der Waals surface area (Å²) in [6.45, 7) is 0. The fourth-order valence-corrected chi connectivity index (χ4v) is 1.65. The van der Waals surface area contributed by atoms with Crippen LogP contribution in [0.15, 0.2) is 35.1 Å². The molecule has 3 nitrogen and oxygen atoms in total. The van der Waals surface area contributed by atoms with Gasteiger partial charge in [-0.3, -0.25) is 0 Å². The topological polar surface area (TPSA) is 29.9 Å². The van der Waals surface area contributed by atoms with Crippen molar-refractivity contribution in [1.82, 2.24) is 9.55 Å². The Labute approximate surface area is 95.1 Å². The monoisotopic (exact) mass is 269 g/mol. The van der Waals surface area contributed by atoms with E-state index in [4.69, 9.17) is 0 Å². The highest BCUT2D eigenvalue weighted by atomic mass is 79.9. The predicted molar refractivity (Wildman–Crippen MR) is 60.6 cm³/mol. The van der Waals surface area contributed by atoms with Crippen LogP contribution < -0.4 is 5.32 Å². The first-order chi connectivity index (χ1) is 7.16. The molecule has 0 radical (unpaired) electrons. The Morgan fingerprint density at radius 1 is 1.47 bits per heavy atom. The molecule has 0 saturated carbocycles. The molecule has 1 aromatic carbocycles. The van der Waals surface area contributed by atoms with E-state index in [0.717, 1.165) is 5.69 Å². The SMILES string of the molecule is Cn1ccnc1Nc1ccc(F)cc1Br. The molecular weight excluding hydrogens is 261 g/mol. The van der Waals surface area contributed by atoms with Crippen LogP contribution in [-0.4, -0.2) is 9.55 Å². The zero-order valence-corrected chi connectivity index (χ0v) is 9.62. The molecule has 0 spiro atoms. The van der Waals surface area contributed by atoms with Crippen LogP contribution in [0.25, 0.3) is 0 Å². The summed E-state index contributed by atoms with van der Waals surface area (Å²) in [6.07, 6.45) is 3.53. The van der Waals surface area contributed by atoms with Crippen LogP contribution in [-0.2, 0) is 7.05 Å². The maximum atomic E-state index is 12.8. The predicted octanol–water partition coefficient (Wildman–Crippen LogP) is 3.07. The van der Waals surface area contributed by atoms with Gasteiger partial charge in [0.2, 0.25) is 5.95 Å². The summed E-state index contributed by atoms with van der Waals surface area (Å²) in [5, 5.41) is 3.09. The largest absolute Gasteiger partial charge is 0.325 e. The average Bonchev–Trinajstić information content (AvgIpc) is 2.57. The highest BCUT2D eigenvalue weighted by molar-refractivity contribution is 9.10. The molecule has 0 bridgehead atoms. The number of aryl methyl sites for hydroxylation is 1. The van der Waals surface area contributed by atoms with Crippen molar-refractivity contribution in [1.29, 1.82) is 0 Å². The molecule has 15 heavy (non-hydrogen) atoms. The number of nitrogens with one attached hydrogen (secondary N) is 1. The number of aromatic nitrogens is 2. The second kappa shape index (κ2) is 4.02. The van der Waals surface area contributed by atoms with E-state index in [2.05, 4.69) is 26.2 Å². The molecule has 1 heterocycles. The van der Waals surface area contributed by atoms with Gasteiger partial charge in [0.15, 0.2) is 0 Å². The van der Waals surface area contributed by atoms with E-state index in [-0.39, 0.29) is 5.82 Å². The Morgan fingerprint density at radius 3 is 2.87 bits per heavy atom. The van der Waals surface area contributed by atoms with Crippen LogP contribution in [0.4, 0.5) is 16.0 Å². The van der Waals surface area contributed by atoms with Gasteiger partial charge in [0.1, 0.15) is 5.82 Å². The van der Waals surface area contributed by atoms with Crippen LogP contribution in [0, 0.1) is 5.82 Å². The van der Waals surface area contributed by atoms with E-state index in [9.17, 15) is 4.39 Å². The molecule has 5 heteroatoms. The molecule has 0 saturated heterocycles. The smallest absolute Gasteiger partial charge is 0.207 e. The maximum absolute atomic E-state index is 12.8. The molecule has 2 rings (SSSR count). The Hall–Kier alpha value is -1.36. The Balaban J connectivity index is 2.29. The minimum atomic E-state index is -0.271. The van der Waals surface area contributed by atoms with E-state index in [1.54, 1.807) is 12.3 Å². The first-order valence-electron chi connectivity index (χ1n) is 4.36. The second-order valence-corrected chi connectivity index (χ2v) is 3.97. The zero-order valence-electron chi connectivity index (χ0n) is 8.04. The van der Waals surface area contributed by atoms with Crippen molar-refractivity contribution in [2.45, 2.75) is 0 Å². The lowest BCUT2D eigenvalue weighted by atomic mass is 10.3. The van der Waals surface area contributed by atoms with Crippen molar-refractivity contribution in [3.63, 3.8) is 0 Å². The van der Waals surface area contributed by atoms with Gasteiger partial charge in [0.25, 0.3) is 0 Å². The summed E-state index contributed by atoms with van der Waals surface area (Å²) in [5.74, 6) is 0.439. The number of hydrogen-bond donors (Lipinski definition) is 1. The van der Waals surface area contributed by atoms with Gasteiger partial charge in [-0.2, -0.15) is 0 Å². The normalized spacial score (nSPS) is 10.3. The number of rotatable bonds is 2. The van der Waals surface area contributed by atoms with Crippen molar-refractivity contribution >= 4 is 27.6 Å². The van der Waals surface area contributed by atoms with Gasteiger partial charge in [0, 0.05) is 23.9 Å². The quantitative estimate of drug-likeness (QED) is 0.908. The maximum Gasteiger partial charge on any atom is 0.207 e. The second-order valence-electron chi connectivity index (χ2n) is 3.11. The molecule has 0 amide bonds. The summed E-state index contributed by atoms with van der Waals surface area (Å²) in [5.41, 5.74) is 0.783. The van der Waals surface area contributed by atoms with Crippen LogP contribution in [0.3, 0.4) is 0 Å². The van der Waals surface area contributed by atoms with Crippen molar-refractivity contribution in [2.75, 3.05) is 5.32 Å². The molecule has 0 atom stereocenters. The fourth-order valence-electron chi connectivity index (χ4n) is 1.20. The van der Waals surface area contributed by atoms with Crippen molar-refractivity contribution < 1.29 is 4.39 Å². The van der Waals surface area contributed by atoms with Crippen molar-refractivity contribution in [3.8, 4) is 0 Å². The van der Waals surface area contributed by atoms with Crippen LogP contribution in [0.5, 0.6) is 0 Å². The molecule has 1 N–H and O–H groups in total. The highest BCUT2D eigenvalue weighted by Gasteiger charge is 2.04. The molecular formula is C10H9BrFN3. The van der Waals surface area contributed by atoms with Gasteiger partial charge in [-0.1, -0.05) is 0 Å². The standard InChI is InChI=1S/C10H9BrFN3/c1-15-5-4-13-10(15)14-9-3-2-7(12)6-8(9)11/h2-6H,1H3,(H,13,14). The summed E-state index contributed by atoms with van der Waals surface area (Å²) in [6, 6.07) is 4.47. The van der Waals surface area contributed by atoms with E-state index in [0.29, 0.717) is 10.4 Å². The average molecular weight is 270 g/mol.